The van der Waals surface area contributed by atoms with Crippen molar-refractivity contribution in [3.63, 3.8) is 0 Å². The van der Waals surface area contributed by atoms with Crippen molar-refractivity contribution in [3.8, 4) is 0 Å². The second-order valence-corrected chi connectivity index (χ2v) is 4.47. The highest BCUT2D eigenvalue weighted by Gasteiger charge is 2.12. The Balaban J connectivity index is 3.36. The maximum absolute atomic E-state index is 10.6. The summed E-state index contributed by atoms with van der Waals surface area (Å²) in [7, 11) is 0. The molecule has 0 atom stereocenters. The zero-order chi connectivity index (χ0) is 9.30. The molecular formula is C7H3Br3O2. The molecule has 0 fully saturated rings. The number of carboxylic acids is 1. The molecule has 1 aromatic rings. The van der Waals surface area contributed by atoms with Gasteiger partial charge in [-0.2, -0.15) is 0 Å². The molecule has 0 saturated heterocycles. The Morgan fingerprint density at radius 2 is 1.75 bits per heavy atom. The number of halogens is 3. The topological polar surface area (TPSA) is 37.3 Å². The van der Waals surface area contributed by atoms with Crippen LogP contribution in [0, 0.1) is 0 Å². The molecule has 1 rings (SSSR count). The Morgan fingerprint density at radius 1 is 1.17 bits per heavy atom. The molecule has 0 unspecified atom stereocenters. The average Bonchev–Trinajstić information content (AvgIpc) is 2.00. The van der Waals surface area contributed by atoms with Crippen LogP contribution in [-0.4, -0.2) is 11.1 Å². The summed E-state index contributed by atoms with van der Waals surface area (Å²) in [5.41, 5.74) is 0.241. The van der Waals surface area contributed by atoms with Crippen LogP contribution in [0.25, 0.3) is 0 Å². The van der Waals surface area contributed by atoms with Crippen molar-refractivity contribution in [3.05, 3.63) is 31.1 Å². The van der Waals surface area contributed by atoms with E-state index in [0.29, 0.717) is 8.95 Å². The van der Waals surface area contributed by atoms with Crippen molar-refractivity contribution in [2.24, 2.45) is 0 Å². The van der Waals surface area contributed by atoms with E-state index in [2.05, 4.69) is 47.8 Å². The van der Waals surface area contributed by atoms with Crippen LogP contribution in [0.3, 0.4) is 0 Å². The van der Waals surface area contributed by atoms with E-state index in [1.54, 1.807) is 6.07 Å². The van der Waals surface area contributed by atoms with Crippen molar-refractivity contribution < 1.29 is 9.90 Å². The van der Waals surface area contributed by atoms with Gasteiger partial charge in [0.1, 0.15) is 0 Å². The summed E-state index contributed by atoms with van der Waals surface area (Å²) in [5, 5.41) is 8.71. The van der Waals surface area contributed by atoms with E-state index in [1.165, 1.54) is 6.07 Å². The monoisotopic (exact) mass is 356 g/mol. The van der Waals surface area contributed by atoms with Crippen LogP contribution in [0.15, 0.2) is 25.6 Å². The normalized spacial score (nSPS) is 9.92. The van der Waals surface area contributed by atoms with Gasteiger partial charge in [0.05, 0.1) is 5.56 Å². The molecule has 1 N–H and O–H groups in total. The van der Waals surface area contributed by atoms with Gasteiger partial charge in [-0.1, -0.05) is 0 Å². The lowest BCUT2D eigenvalue weighted by atomic mass is 10.2. The molecule has 2 nitrogen and oxygen atoms in total. The van der Waals surface area contributed by atoms with E-state index < -0.39 is 5.97 Å². The van der Waals surface area contributed by atoms with Crippen LogP contribution in [0.4, 0.5) is 0 Å². The fraction of sp³-hybridized carbons (Fsp3) is 0. The number of benzene rings is 1. The predicted octanol–water partition coefficient (Wildman–Crippen LogP) is 3.67. The standard InChI is InChI=1S/C7H3Br3O2/c8-4-2-1-3(7(11)12)5(9)6(4)10/h1-2H,(H,11,12). The molecule has 5 heteroatoms. The molecule has 0 heterocycles. The molecule has 12 heavy (non-hydrogen) atoms. The highest BCUT2D eigenvalue weighted by atomic mass is 79.9. The summed E-state index contributed by atoms with van der Waals surface area (Å²) < 4.78 is 2.08. The van der Waals surface area contributed by atoms with Crippen molar-refractivity contribution in [2.75, 3.05) is 0 Å². The summed E-state index contributed by atoms with van der Waals surface area (Å²) in [6.45, 7) is 0. The van der Waals surface area contributed by atoms with Crippen LogP contribution in [0.1, 0.15) is 10.4 Å². The zero-order valence-corrected chi connectivity index (χ0v) is 10.4. The Labute approximate surface area is 94.4 Å². The smallest absolute Gasteiger partial charge is 0.336 e. The molecule has 0 aromatic heterocycles. The third-order valence-electron chi connectivity index (χ3n) is 1.27. The largest absolute Gasteiger partial charge is 0.478 e. The molecule has 0 amide bonds. The van der Waals surface area contributed by atoms with E-state index in [4.69, 9.17) is 5.11 Å². The van der Waals surface area contributed by atoms with E-state index in [-0.39, 0.29) is 5.56 Å². The Hall–Kier alpha value is 0.130. The van der Waals surface area contributed by atoms with Gasteiger partial charge in [0.15, 0.2) is 0 Å². The van der Waals surface area contributed by atoms with Crippen LogP contribution in [0.5, 0.6) is 0 Å². The van der Waals surface area contributed by atoms with Gasteiger partial charge in [-0.05, 0) is 59.9 Å². The minimum absolute atomic E-state index is 0.241. The van der Waals surface area contributed by atoms with Crippen molar-refractivity contribution >= 4 is 53.8 Å². The lowest BCUT2D eigenvalue weighted by Gasteiger charge is -2.02. The molecule has 64 valence electrons. The Kier molecular flexibility index (Phi) is 3.31. The summed E-state index contributed by atoms with van der Waals surface area (Å²) in [6.07, 6.45) is 0. The summed E-state index contributed by atoms with van der Waals surface area (Å²) in [4.78, 5) is 10.6. The second kappa shape index (κ2) is 3.89. The fourth-order valence-corrected chi connectivity index (χ4v) is 2.15. The molecule has 0 bridgehead atoms. The Bertz CT molecular complexity index is 336. The first-order chi connectivity index (χ1) is 5.54. The van der Waals surface area contributed by atoms with Crippen LogP contribution in [0.2, 0.25) is 0 Å². The van der Waals surface area contributed by atoms with E-state index >= 15 is 0 Å². The second-order valence-electron chi connectivity index (χ2n) is 2.03. The first-order valence-corrected chi connectivity index (χ1v) is 5.28. The van der Waals surface area contributed by atoms with Crippen molar-refractivity contribution in [2.45, 2.75) is 0 Å². The number of rotatable bonds is 1. The minimum atomic E-state index is -0.949. The van der Waals surface area contributed by atoms with Gasteiger partial charge < -0.3 is 5.11 Å². The molecule has 0 aliphatic carbocycles. The summed E-state index contributed by atoms with van der Waals surface area (Å²) in [5.74, 6) is -0.949. The number of carbonyl (C=O) groups is 1. The van der Waals surface area contributed by atoms with Gasteiger partial charge in [-0.15, -0.1) is 0 Å². The highest BCUT2D eigenvalue weighted by Crippen LogP contribution is 2.33. The third kappa shape index (κ3) is 1.89. The lowest BCUT2D eigenvalue weighted by molar-refractivity contribution is 0.0696. The molecular weight excluding hydrogens is 356 g/mol. The highest BCUT2D eigenvalue weighted by molar-refractivity contribution is 9.14. The van der Waals surface area contributed by atoms with Gasteiger partial charge in [0, 0.05) is 13.4 Å². The van der Waals surface area contributed by atoms with Crippen LogP contribution in [-0.2, 0) is 0 Å². The molecule has 1 aromatic carbocycles. The number of aromatic carboxylic acids is 1. The minimum Gasteiger partial charge on any atom is -0.478 e. The molecule has 0 spiro atoms. The lowest BCUT2D eigenvalue weighted by Crippen LogP contribution is -1.97. The van der Waals surface area contributed by atoms with Gasteiger partial charge >= 0.3 is 5.97 Å². The van der Waals surface area contributed by atoms with Gasteiger partial charge in [-0.25, -0.2) is 4.79 Å². The van der Waals surface area contributed by atoms with Crippen molar-refractivity contribution in [1.29, 1.82) is 0 Å². The average molecular weight is 359 g/mol. The SMILES string of the molecule is O=C(O)c1ccc(Br)c(Br)c1Br. The maximum Gasteiger partial charge on any atom is 0.336 e. The van der Waals surface area contributed by atoms with Gasteiger partial charge in [0.25, 0.3) is 0 Å². The molecule has 0 saturated carbocycles. The van der Waals surface area contributed by atoms with E-state index in [9.17, 15) is 4.79 Å². The first-order valence-electron chi connectivity index (χ1n) is 2.91. The molecule has 0 aliphatic heterocycles. The Morgan fingerprint density at radius 3 is 2.25 bits per heavy atom. The van der Waals surface area contributed by atoms with E-state index in [0.717, 1.165) is 4.47 Å². The molecule has 0 radical (unpaired) electrons. The summed E-state index contributed by atoms with van der Waals surface area (Å²) >= 11 is 9.67. The zero-order valence-electron chi connectivity index (χ0n) is 5.64. The van der Waals surface area contributed by atoms with Crippen LogP contribution >= 0.6 is 47.8 Å². The molecule has 0 aliphatic rings. The van der Waals surface area contributed by atoms with Gasteiger partial charge in [-0.3, -0.25) is 0 Å². The number of hydrogen-bond acceptors (Lipinski definition) is 1. The fourth-order valence-electron chi connectivity index (χ4n) is 0.691. The van der Waals surface area contributed by atoms with Gasteiger partial charge in [0.2, 0.25) is 0 Å². The summed E-state index contributed by atoms with van der Waals surface area (Å²) in [6, 6.07) is 3.21. The van der Waals surface area contributed by atoms with Crippen LogP contribution < -0.4 is 0 Å². The maximum atomic E-state index is 10.6. The van der Waals surface area contributed by atoms with Crippen molar-refractivity contribution in [1.82, 2.24) is 0 Å². The quantitative estimate of drug-likeness (QED) is 0.778. The number of hydrogen-bond donors (Lipinski definition) is 1. The van der Waals surface area contributed by atoms with E-state index in [1.807, 2.05) is 0 Å². The first kappa shape index (κ1) is 10.2. The third-order valence-corrected chi connectivity index (χ3v) is 4.64. The number of carboxylic acid groups (broad SMARTS) is 1. The predicted molar refractivity (Wildman–Crippen MR) is 56.5 cm³/mol.